The van der Waals surface area contributed by atoms with Crippen LogP contribution >= 0.6 is 23.7 Å². The first-order valence-electron chi connectivity index (χ1n) is 8.22. The second-order valence-electron chi connectivity index (χ2n) is 6.50. The Balaban J connectivity index is 0.00000169. The van der Waals surface area contributed by atoms with Gasteiger partial charge < -0.3 is 10.6 Å². The molecule has 0 bridgehead atoms. The molecule has 1 fully saturated rings. The van der Waals surface area contributed by atoms with E-state index < -0.39 is 0 Å². The fraction of sp³-hybridized carbons (Fsp3) is 0.562. The van der Waals surface area contributed by atoms with E-state index in [1.807, 2.05) is 15.8 Å². The molecule has 2 N–H and O–H groups in total. The van der Waals surface area contributed by atoms with Crippen LogP contribution in [0.3, 0.4) is 0 Å². The predicted molar refractivity (Wildman–Crippen MR) is 95.5 cm³/mol. The van der Waals surface area contributed by atoms with Crippen molar-refractivity contribution >= 4 is 29.7 Å². The molecule has 1 aliphatic carbocycles. The average Bonchev–Trinajstić information content (AvgIpc) is 3.23. The van der Waals surface area contributed by atoms with Crippen LogP contribution in [0.1, 0.15) is 52.7 Å². The van der Waals surface area contributed by atoms with Crippen molar-refractivity contribution in [3.05, 3.63) is 33.8 Å². The molecule has 130 valence electrons. The summed E-state index contributed by atoms with van der Waals surface area (Å²) in [6.07, 6.45) is 6.81. The van der Waals surface area contributed by atoms with E-state index in [1.54, 1.807) is 11.3 Å². The lowest BCUT2D eigenvalue weighted by Crippen LogP contribution is -2.35. The minimum Gasteiger partial charge on any atom is -0.332 e. The Morgan fingerprint density at radius 3 is 2.88 bits per heavy atom. The number of nitrogens with zero attached hydrogens (tertiary/aromatic N) is 4. The Morgan fingerprint density at radius 1 is 1.29 bits per heavy atom. The Hall–Kier alpha value is -1.44. The molecule has 0 radical (unpaired) electrons. The summed E-state index contributed by atoms with van der Waals surface area (Å²) in [6, 6.07) is 2.75. The second-order valence-corrected chi connectivity index (χ2v) is 7.50. The van der Waals surface area contributed by atoms with E-state index in [1.165, 1.54) is 10.4 Å². The first kappa shape index (κ1) is 17.4. The van der Waals surface area contributed by atoms with Gasteiger partial charge in [0.15, 0.2) is 5.69 Å². The number of carbonyl (C=O) groups is 1. The van der Waals surface area contributed by atoms with E-state index in [2.05, 4.69) is 21.8 Å². The van der Waals surface area contributed by atoms with E-state index in [4.69, 9.17) is 5.73 Å². The fourth-order valence-electron chi connectivity index (χ4n) is 3.50. The number of fused-ring (bicyclic) bond motifs is 1. The molecule has 0 spiro atoms. The van der Waals surface area contributed by atoms with Crippen LogP contribution in [0.4, 0.5) is 0 Å². The van der Waals surface area contributed by atoms with Gasteiger partial charge in [0.2, 0.25) is 0 Å². The van der Waals surface area contributed by atoms with Crippen molar-refractivity contribution < 1.29 is 4.79 Å². The number of carbonyl (C=O) groups excluding carboxylic acids is 1. The zero-order chi connectivity index (χ0) is 15.8. The van der Waals surface area contributed by atoms with Crippen molar-refractivity contribution in [2.24, 2.45) is 5.73 Å². The molecule has 8 heteroatoms. The molecule has 1 amide bonds. The monoisotopic (exact) mass is 367 g/mol. The largest absolute Gasteiger partial charge is 0.332 e. The molecule has 2 aromatic heterocycles. The molecule has 2 aliphatic rings. The summed E-state index contributed by atoms with van der Waals surface area (Å²) in [5, 5.41) is 10.4. The van der Waals surface area contributed by atoms with Gasteiger partial charge >= 0.3 is 0 Å². The fourth-order valence-corrected chi connectivity index (χ4v) is 4.39. The summed E-state index contributed by atoms with van der Waals surface area (Å²) >= 11 is 1.78. The summed E-state index contributed by atoms with van der Waals surface area (Å²) in [5.41, 5.74) is 7.67. The van der Waals surface area contributed by atoms with Gasteiger partial charge in [-0.3, -0.25) is 4.79 Å². The maximum absolute atomic E-state index is 12.7. The van der Waals surface area contributed by atoms with E-state index in [9.17, 15) is 4.79 Å². The van der Waals surface area contributed by atoms with Gasteiger partial charge in [-0.2, -0.15) is 0 Å². The zero-order valence-electron chi connectivity index (χ0n) is 13.4. The average molecular weight is 368 g/mol. The van der Waals surface area contributed by atoms with Crippen LogP contribution in [-0.2, 0) is 13.0 Å². The van der Waals surface area contributed by atoms with E-state index in [0.29, 0.717) is 24.3 Å². The third-order valence-corrected chi connectivity index (χ3v) is 5.96. The minimum atomic E-state index is -0.0133. The number of thiophene rings is 1. The third-order valence-electron chi connectivity index (χ3n) is 4.94. The highest BCUT2D eigenvalue weighted by Crippen LogP contribution is 2.28. The van der Waals surface area contributed by atoms with Gasteiger partial charge in [0.1, 0.15) is 0 Å². The smallest absolute Gasteiger partial charge is 0.276 e. The molecule has 3 heterocycles. The Kier molecular flexibility index (Phi) is 5.22. The van der Waals surface area contributed by atoms with Crippen LogP contribution in [0.2, 0.25) is 0 Å². The Labute approximate surface area is 151 Å². The van der Waals surface area contributed by atoms with Gasteiger partial charge in [-0.25, -0.2) is 4.68 Å². The number of nitrogens with two attached hydrogens (primary N) is 1. The maximum atomic E-state index is 12.7. The molecule has 24 heavy (non-hydrogen) atoms. The first-order valence-corrected chi connectivity index (χ1v) is 9.10. The van der Waals surface area contributed by atoms with Gasteiger partial charge in [0.25, 0.3) is 5.91 Å². The highest BCUT2D eigenvalue weighted by molar-refractivity contribution is 7.10. The summed E-state index contributed by atoms with van der Waals surface area (Å²) in [5.74, 6) is -0.0133. The molecular formula is C16H22ClN5OS. The van der Waals surface area contributed by atoms with Crippen molar-refractivity contribution in [2.45, 2.75) is 50.7 Å². The highest BCUT2D eigenvalue weighted by Gasteiger charge is 2.26. The van der Waals surface area contributed by atoms with Crippen LogP contribution in [-0.4, -0.2) is 38.4 Å². The zero-order valence-corrected chi connectivity index (χ0v) is 15.1. The second kappa shape index (κ2) is 7.21. The third kappa shape index (κ3) is 3.34. The van der Waals surface area contributed by atoms with Gasteiger partial charge in [-0.05, 0) is 49.1 Å². The SMILES string of the molecule is Cl.NC1CCC(n2cc(C(=O)N3CCc4sccc4C3)nn2)CC1. The molecular weight excluding hydrogens is 346 g/mol. The molecule has 0 atom stereocenters. The quantitative estimate of drug-likeness (QED) is 0.884. The van der Waals surface area contributed by atoms with Gasteiger partial charge in [0, 0.05) is 24.0 Å². The van der Waals surface area contributed by atoms with Crippen LogP contribution < -0.4 is 5.73 Å². The van der Waals surface area contributed by atoms with E-state index in [-0.39, 0.29) is 18.3 Å². The van der Waals surface area contributed by atoms with Crippen LogP contribution in [0.25, 0.3) is 0 Å². The number of halogens is 1. The maximum Gasteiger partial charge on any atom is 0.276 e. The number of rotatable bonds is 2. The summed E-state index contributed by atoms with van der Waals surface area (Å²) in [4.78, 5) is 15.9. The molecule has 4 rings (SSSR count). The van der Waals surface area contributed by atoms with Crippen LogP contribution in [0, 0.1) is 0 Å². The van der Waals surface area contributed by atoms with Gasteiger partial charge in [0.05, 0.1) is 12.2 Å². The summed E-state index contributed by atoms with van der Waals surface area (Å²) < 4.78 is 1.86. The van der Waals surface area contributed by atoms with Crippen molar-refractivity contribution in [2.75, 3.05) is 6.54 Å². The lowest BCUT2D eigenvalue weighted by atomic mass is 9.92. The Bertz CT molecular complexity index is 707. The normalized spacial score (nSPS) is 23.5. The standard InChI is InChI=1S/C16H21N5OS.ClH/c17-12-1-3-13(4-2-12)21-10-14(18-19-21)16(22)20-7-5-15-11(9-20)6-8-23-15;/h6,8,10,12-13H,1-5,7,9,17H2;1H. The van der Waals surface area contributed by atoms with Crippen molar-refractivity contribution in [3.8, 4) is 0 Å². The molecule has 1 aliphatic heterocycles. The topological polar surface area (TPSA) is 77.0 Å². The highest BCUT2D eigenvalue weighted by atomic mass is 35.5. The first-order chi connectivity index (χ1) is 11.2. The summed E-state index contributed by atoms with van der Waals surface area (Å²) in [6.45, 7) is 1.44. The van der Waals surface area contributed by atoms with Gasteiger partial charge in [-0.15, -0.1) is 28.8 Å². The van der Waals surface area contributed by atoms with Gasteiger partial charge in [-0.1, -0.05) is 5.21 Å². The molecule has 0 unspecified atom stereocenters. The molecule has 1 saturated carbocycles. The predicted octanol–water partition coefficient (Wildman–Crippen LogP) is 2.40. The molecule has 0 aromatic carbocycles. The number of aromatic nitrogens is 3. The summed E-state index contributed by atoms with van der Waals surface area (Å²) in [7, 11) is 0. The van der Waals surface area contributed by atoms with E-state index in [0.717, 1.165) is 38.6 Å². The van der Waals surface area contributed by atoms with E-state index >= 15 is 0 Å². The van der Waals surface area contributed by atoms with Crippen molar-refractivity contribution in [1.29, 1.82) is 0 Å². The lowest BCUT2D eigenvalue weighted by molar-refractivity contribution is 0.0729. The lowest BCUT2D eigenvalue weighted by Gasteiger charge is -2.26. The Morgan fingerprint density at radius 2 is 2.08 bits per heavy atom. The molecule has 0 saturated heterocycles. The van der Waals surface area contributed by atoms with Crippen molar-refractivity contribution in [3.63, 3.8) is 0 Å². The number of amides is 1. The minimum absolute atomic E-state index is 0. The van der Waals surface area contributed by atoms with Crippen molar-refractivity contribution in [1.82, 2.24) is 19.9 Å². The number of hydrogen-bond acceptors (Lipinski definition) is 5. The van der Waals surface area contributed by atoms with Crippen LogP contribution in [0.15, 0.2) is 17.6 Å². The molecule has 2 aromatic rings. The molecule has 6 nitrogen and oxygen atoms in total. The van der Waals surface area contributed by atoms with Crippen LogP contribution in [0.5, 0.6) is 0 Å². The number of hydrogen-bond donors (Lipinski definition) is 1.